The summed E-state index contributed by atoms with van der Waals surface area (Å²) in [5.41, 5.74) is 2.27. The van der Waals surface area contributed by atoms with Gasteiger partial charge in [-0.2, -0.15) is 9.40 Å². The summed E-state index contributed by atoms with van der Waals surface area (Å²) in [7, 11) is -1.94. The molecule has 140 valence electrons. The molecule has 0 N–H and O–H groups in total. The normalized spacial score (nSPS) is 16.1. The Balaban J connectivity index is 1.80. The molecule has 3 rings (SSSR count). The summed E-state index contributed by atoms with van der Waals surface area (Å²) in [5, 5.41) is 4.05. The van der Waals surface area contributed by atoms with Crippen LogP contribution in [0.2, 0.25) is 0 Å². The predicted octanol–water partition coefficient (Wildman–Crippen LogP) is 1.67. The van der Waals surface area contributed by atoms with E-state index in [2.05, 4.69) is 21.0 Å². The summed E-state index contributed by atoms with van der Waals surface area (Å²) in [6.45, 7) is 5.47. The molecular weight excluding hydrogens is 420 g/mol. The van der Waals surface area contributed by atoms with Crippen molar-refractivity contribution in [2.75, 3.05) is 31.1 Å². The van der Waals surface area contributed by atoms with Crippen LogP contribution >= 0.6 is 15.9 Å². The Morgan fingerprint density at radius 2 is 1.77 bits per heavy atom. The number of piperazine rings is 1. The summed E-state index contributed by atoms with van der Waals surface area (Å²) >= 11 is 3.33. The Hall–Kier alpha value is -1.71. The summed E-state index contributed by atoms with van der Waals surface area (Å²) in [4.78, 5) is 14.4. The van der Waals surface area contributed by atoms with Crippen LogP contribution in [0, 0.1) is 13.8 Å². The summed E-state index contributed by atoms with van der Waals surface area (Å²) < 4.78 is 29.1. The topological polar surface area (TPSA) is 75.5 Å². The van der Waals surface area contributed by atoms with Crippen LogP contribution in [0.25, 0.3) is 0 Å². The molecule has 26 heavy (non-hydrogen) atoms. The van der Waals surface area contributed by atoms with Gasteiger partial charge in [0.2, 0.25) is 10.0 Å². The second kappa shape index (κ2) is 7.13. The Kier molecular flexibility index (Phi) is 5.23. The fourth-order valence-electron chi connectivity index (χ4n) is 3.12. The van der Waals surface area contributed by atoms with E-state index in [4.69, 9.17) is 0 Å². The van der Waals surface area contributed by atoms with Gasteiger partial charge in [0.1, 0.15) is 4.47 Å². The van der Waals surface area contributed by atoms with E-state index in [1.54, 1.807) is 19.3 Å². The van der Waals surface area contributed by atoms with Crippen molar-refractivity contribution in [3.05, 3.63) is 50.3 Å². The second-order valence-corrected chi connectivity index (χ2v) is 9.13. The lowest BCUT2D eigenvalue weighted by molar-refractivity contribution is 0.384. The lowest BCUT2D eigenvalue weighted by Gasteiger charge is -2.35. The SMILES string of the molecule is Cc1ccc(S(=O)(=O)N2CCN(c3cnn(C)c(=O)c3Br)CC2)c(C)c1. The molecule has 0 spiro atoms. The van der Waals surface area contributed by atoms with Crippen LogP contribution in [0.5, 0.6) is 0 Å². The lowest BCUT2D eigenvalue weighted by Crippen LogP contribution is -2.49. The molecule has 1 saturated heterocycles. The average molecular weight is 441 g/mol. The summed E-state index contributed by atoms with van der Waals surface area (Å²) in [6.07, 6.45) is 1.62. The van der Waals surface area contributed by atoms with Gasteiger partial charge in [-0.05, 0) is 41.4 Å². The van der Waals surface area contributed by atoms with Gasteiger partial charge in [-0.1, -0.05) is 17.7 Å². The van der Waals surface area contributed by atoms with E-state index in [0.29, 0.717) is 41.2 Å². The highest BCUT2D eigenvalue weighted by molar-refractivity contribution is 9.10. The number of hydrogen-bond acceptors (Lipinski definition) is 5. The largest absolute Gasteiger partial charge is 0.367 e. The minimum Gasteiger partial charge on any atom is -0.367 e. The van der Waals surface area contributed by atoms with Crippen molar-refractivity contribution in [2.24, 2.45) is 7.05 Å². The number of aryl methyl sites for hydroxylation is 3. The molecule has 0 unspecified atom stereocenters. The number of rotatable bonds is 3. The first-order chi connectivity index (χ1) is 12.2. The van der Waals surface area contributed by atoms with E-state index >= 15 is 0 Å². The average Bonchev–Trinajstić information content (AvgIpc) is 2.60. The van der Waals surface area contributed by atoms with Crippen molar-refractivity contribution in [3.8, 4) is 0 Å². The van der Waals surface area contributed by atoms with Crippen LogP contribution in [0.15, 0.2) is 38.6 Å². The zero-order valence-electron chi connectivity index (χ0n) is 14.9. The molecule has 1 aromatic heterocycles. The fourth-order valence-corrected chi connectivity index (χ4v) is 5.36. The van der Waals surface area contributed by atoms with Gasteiger partial charge in [0.05, 0.1) is 16.8 Å². The molecule has 0 amide bonds. The van der Waals surface area contributed by atoms with Crippen molar-refractivity contribution in [3.63, 3.8) is 0 Å². The van der Waals surface area contributed by atoms with Gasteiger partial charge < -0.3 is 4.90 Å². The molecular formula is C17H21BrN4O3S. The molecule has 0 atom stereocenters. The van der Waals surface area contributed by atoms with E-state index in [1.165, 1.54) is 8.99 Å². The minimum atomic E-state index is -3.53. The first-order valence-corrected chi connectivity index (χ1v) is 10.5. The highest BCUT2D eigenvalue weighted by Crippen LogP contribution is 2.26. The zero-order chi connectivity index (χ0) is 19.1. The number of benzene rings is 1. The van der Waals surface area contributed by atoms with Gasteiger partial charge in [-0.25, -0.2) is 13.1 Å². The highest BCUT2D eigenvalue weighted by atomic mass is 79.9. The first kappa shape index (κ1) is 19.1. The number of hydrogen-bond donors (Lipinski definition) is 0. The van der Waals surface area contributed by atoms with Gasteiger partial charge in [0.25, 0.3) is 5.56 Å². The van der Waals surface area contributed by atoms with Crippen LogP contribution in [0.3, 0.4) is 0 Å². The molecule has 0 radical (unpaired) electrons. The van der Waals surface area contributed by atoms with E-state index in [0.717, 1.165) is 11.1 Å². The molecule has 1 aliphatic heterocycles. The van der Waals surface area contributed by atoms with Crippen LogP contribution < -0.4 is 10.5 Å². The molecule has 1 fully saturated rings. The number of sulfonamides is 1. The maximum absolute atomic E-state index is 13.0. The minimum absolute atomic E-state index is 0.215. The molecule has 9 heteroatoms. The van der Waals surface area contributed by atoms with Gasteiger partial charge in [0.15, 0.2) is 0 Å². The standard InChI is InChI=1S/C17H21BrN4O3S/c1-12-4-5-15(13(2)10-12)26(24,25)22-8-6-21(7-9-22)14-11-19-20(3)17(23)16(14)18/h4-5,10-11H,6-9H2,1-3H3. The second-order valence-electron chi connectivity index (χ2n) is 6.43. The zero-order valence-corrected chi connectivity index (χ0v) is 17.3. The smallest absolute Gasteiger partial charge is 0.282 e. The van der Waals surface area contributed by atoms with E-state index in [-0.39, 0.29) is 5.56 Å². The third kappa shape index (κ3) is 3.43. The van der Waals surface area contributed by atoms with Crippen molar-refractivity contribution in [1.82, 2.24) is 14.1 Å². The van der Waals surface area contributed by atoms with Crippen LogP contribution in [-0.2, 0) is 17.1 Å². The molecule has 1 aromatic carbocycles. The van der Waals surface area contributed by atoms with Crippen LogP contribution in [0.4, 0.5) is 5.69 Å². The van der Waals surface area contributed by atoms with Gasteiger partial charge in [-0.3, -0.25) is 4.79 Å². The highest BCUT2D eigenvalue weighted by Gasteiger charge is 2.30. The molecule has 0 aliphatic carbocycles. The Morgan fingerprint density at radius 1 is 1.12 bits per heavy atom. The van der Waals surface area contributed by atoms with E-state index < -0.39 is 10.0 Å². The third-order valence-corrected chi connectivity index (χ3v) is 7.39. The summed E-state index contributed by atoms with van der Waals surface area (Å²) in [5.74, 6) is 0. The van der Waals surface area contributed by atoms with E-state index in [9.17, 15) is 13.2 Å². The van der Waals surface area contributed by atoms with Crippen molar-refractivity contribution >= 4 is 31.6 Å². The fraction of sp³-hybridized carbons (Fsp3) is 0.412. The van der Waals surface area contributed by atoms with E-state index in [1.807, 2.05) is 30.9 Å². The third-order valence-electron chi connectivity index (χ3n) is 4.59. The van der Waals surface area contributed by atoms with Gasteiger partial charge in [-0.15, -0.1) is 0 Å². The lowest BCUT2D eigenvalue weighted by atomic mass is 10.2. The Bertz CT molecular complexity index is 996. The Morgan fingerprint density at radius 3 is 2.38 bits per heavy atom. The van der Waals surface area contributed by atoms with Crippen molar-refractivity contribution < 1.29 is 8.42 Å². The molecule has 0 saturated carbocycles. The molecule has 2 aromatic rings. The number of halogens is 1. The first-order valence-electron chi connectivity index (χ1n) is 8.26. The molecule has 1 aliphatic rings. The maximum atomic E-state index is 13.0. The number of nitrogens with zero attached hydrogens (tertiary/aromatic N) is 4. The predicted molar refractivity (Wildman–Crippen MR) is 104 cm³/mol. The van der Waals surface area contributed by atoms with Crippen LogP contribution in [0.1, 0.15) is 11.1 Å². The Labute approximate surface area is 161 Å². The van der Waals surface area contributed by atoms with Gasteiger partial charge >= 0.3 is 0 Å². The monoisotopic (exact) mass is 440 g/mol. The van der Waals surface area contributed by atoms with Crippen molar-refractivity contribution in [2.45, 2.75) is 18.7 Å². The molecule has 2 heterocycles. The molecule has 0 bridgehead atoms. The van der Waals surface area contributed by atoms with Crippen molar-refractivity contribution in [1.29, 1.82) is 0 Å². The summed E-state index contributed by atoms with van der Waals surface area (Å²) in [6, 6.07) is 5.37. The number of aromatic nitrogens is 2. The van der Waals surface area contributed by atoms with Gasteiger partial charge in [0, 0.05) is 33.2 Å². The number of anilines is 1. The molecule has 7 nitrogen and oxygen atoms in total. The quantitative estimate of drug-likeness (QED) is 0.725. The van der Waals surface area contributed by atoms with Crippen LogP contribution in [-0.4, -0.2) is 48.7 Å². The maximum Gasteiger partial charge on any atom is 0.282 e.